The van der Waals surface area contributed by atoms with Gasteiger partial charge in [-0.3, -0.25) is 0 Å². The summed E-state index contributed by atoms with van der Waals surface area (Å²) in [4.78, 5) is 0. The van der Waals surface area contributed by atoms with E-state index in [4.69, 9.17) is 5.73 Å². The third kappa shape index (κ3) is 3.20. The molecule has 0 spiro atoms. The van der Waals surface area contributed by atoms with E-state index in [1.807, 2.05) is 0 Å². The fourth-order valence-corrected chi connectivity index (χ4v) is 3.60. The Morgan fingerprint density at radius 2 is 1.89 bits per heavy atom. The lowest BCUT2D eigenvalue weighted by Crippen LogP contribution is -2.37. The highest BCUT2D eigenvalue weighted by Crippen LogP contribution is 2.39. The van der Waals surface area contributed by atoms with Gasteiger partial charge in [-0.1, -0.05) is 50.5 Å². The molecule has 2 atom stereocenters. The molecule has 0 amide bonds. The van der Waals surface area contributed by atoms with Crippen LogP contribution in [-0.2, 0) is 5.54 Å². The molecule has 0 radical (unpaired) electrons. The van der Waals surface area contributed by atoms with Crippen LogP contribution in [0.2, 0.25) is 0 Å². The molecule has 1 nitrogen and oxygen atoms in total. The van der Waals surface area contributed by atoms with Crippen molar-refractivity contribution in [2.75, 3.05) is 0 Å². The van der Waals surface area contributed by atoms with Crippen LogP contribution in [0.5, 0.6) is 0 Å². The Morgan fingerprint density at radius 1 is 1.16 bits per heavy atom. The van der Waals surface area contributed by atoms with Gasteiger partial charge in [0.15, 0.2) is 0 Å². The smallest absolute Gasteiger partial charge is 0.0412 e. The predicted octanol–water partition coefficient (Wildman–Crippen LogP) is 4.69. The minimum absolute atomic E-state index is 0.0975. The first-order valence-corrected chi connectivity index (χ1v) is 7.79. The SMILES string of the molecule is Cc1ccc(C)c(C2(N)CCCC(C(C)C)CC2)c1. The van der Waals surface area contributed by atoms with E-state index in [0.29, 0.717) is 0 Å². The van der Waals surface area contributed by atoms with Crippen LogP contribution in [0.25, 0.3) is 0 Å². The van der Waals surface area contributed by atoms with Crippen LogP contribution in [-0.4, -0.2) is 0 Å². The van der Waals surface area contributed by atoms with Crippen LogP contribution in [0.4, 0.5) is 0 Å². The molecule has 1 saturated carbocycles. The van der Waals surface area contributed by atoms with E-state index in [-0.39, 0.29) is 5.54 Å². The number of hydrogen-bond donors (Lipinski definition) is 1. The molecule has 0 saturated heterocycles. The molecule has 2 rings (SSSR count). The molecule has 1 heteroatoms. The Labute approximate surface area is 118 Å². The summed E-state index contributed by atoms with van der Waals surface area (Å²) in [5.74, 6) is 1.65. The lowest BCUT2D eigenvalue weighted by molar-refractivity contribution is 0.325. The van der Waals surface area contributed by atoms with Crippen molar-refractivity contribution in [2.45, 2.75) is 65.3 Å². The van der Waals surface area contributed by atoms with Crippen LogP contribution in [0.3, 0.4) is 0 Å². The van der Waals surface area contributed by atoms with Crippen LogP contribution in [0.1, 0.15) is 62.6 Å². The van der Waals surface area contributed by atoms with E-state index in [9.17, 15) is 0 Å². The molecule has 1 aromatic rings. The van der Waals surface area contributed by atoms with Gasteiger partial charge in [-0.25, -0.2) is 0 Å². The average Bonchev–Trinajstić information content (AvgIpc) is 2.55. The zero-order valence-corrected chi connectivity index (χ0v) is 13.0. The number of hydrogen-bond acceptors (Lipinski definition) is 1. The summed E-state index contributed by atoms with van der Waals surface area (Å²) in [6.45, 7) is 9.08. The number of nitrogens with two attached hydrogens (primary N) is 1. The fourth-order valence-electron chi connectivity index (χ4n) is 3.60. The van der Waals surface area contributed by atoms with Gasteiger partial charge in [0.05, 0.1) is 0 Å². The molecule has 1 aliphatic rings. The first kappa shape index (κ1) is 14.6. The minimum Gasteiger partial charge on any atom is -0.321 e. The first-order chi connectivity index (χ1) is 8.92. The Hall–Kier alpha value is -0.820. The van der Waals surface area contributed by atoms with E-state index in [1.165, 1.54) is 36.0 Å². The van der Waals surface area contributed by atoms with Crippen molar-refractivity contribution in [3.8, 4) is 0 Å². The fraction of sp³-hybridized carbons (Fsp3) is 0.667. The van der Waals surface area contributed by atoms with Crippen molar-refractivity contribution < 1.29 is 0 Å². The lowest BCUT2D eigenvalue weighted by atomic mass is 9.80. The number of aryl methyl sites for hydroxylation is 2. The lowest BCUT2D eigenvalue weighted by Gasteiger charge is -2.31. The second-order valence-corrected chi connectivity index (χ2v) is 6.91. The van der Waals surface area contributed by atoms with Gasteiger partial charge in [0, 0.05) is 5.54 Å². The summed E-state index contributed by atoms with van der Waals surface area (Å²) in [6, 6.07) is 6.73. The molecule has 1 aliphatic carbocycles. The molecule has 0 bridgehead atoms. The molecule has 0 heterocycles. The molecule has 19 heavy (non-hydrogen) atoms. The van der Waals surface area contributed by atoms with Crippen molar-refractivity contribution in [3.63, 3.8) is 0 Å². The van der Waals surface area contributed by atoms with Gasteiger partial charge >= 0.3 is 0 Å². The normalized spacial score (nSPS) is 28.4. The third-order valence-corrected chi connectivity index (χ3v) is 5.03. The largest absolute Gasteiger partial charge is 0.321 e. The van der Waals surface area contributed by atoms with Crippen molar-refractivity contribution >= 4 is 0 Å². The van der Waals surface area contributed by atoms with Crippen molar-refractivity contribution in [1.82, 2.24) is 0 Å². The van der Waals surface area contributed by atoms with Crippen molar-refractivity contribution in [3.05, 3.63) is 34.9 Å². The summed E-state index contributed by atoms with van der Waals surface area (Å²) in [7, 11) is 0. The number of rotatable bonds is 2. The standard InChI is InChI=1S/C18H29N/c1-13(2)16-6-5-10-18(19,11-9-16)17-12-14(3)7-8-15(17)4/h7-8,12-13,16H,5-6,9-11,19H2,1-4H3. The quantitative estimate of drug-likeness (QED) is 0.766. The average molecular weight is 259 g/mol. The molecular weight excluding hydrogens is 230 g/mol. The van der Waals surface area contributed by atoms with Gasteiger partial charge in [-0.05, 0) is 56.1 Å². The van der Waals surface area contributed by atoms with E-state index < -0.39 is 0 Å². The maximum absolute atomic E-state index is 6.81. The second-order valence-electron chi connectivity index (χ2n) is 6.91. The summed E-state index contributed by atoms with van der Waals surface area (Å²) in [5.41, 5.74) is 10.8. The Balaban J connectivity index is 2.25. The number of benzene rings is 1. The van der Waals surface area contributed by atoms with Crippen LogP contribution in [0.15, 0.2) is 18.2 Å². The maximum Gasteiger partial charge on any atom is 0.0412 e. The van der Waals surface area contributed by atoms with Crippen LogP contribution >= 0.6 is 0 Å². The van der Waals surface area contributed by atoms with Gasteiger partial charge in [0.2, 0.25) is 0 Å². The Kier molecular flexibility index (Phi) is 4.35. The second kappa shape index (κ2) is 5.66. The van der Waals surface area contributed by atoms with Crippen LogP contribution in [0, 0.1) is 25.7 Å². The molecule has 2 N–H and O–H groups in total. The maximum atomic E-state index is 6.81. The summed E-state index contributed by atoms with van der Waals surface area (Å²) in [5, 5.41) is 0. The molecule has 106 valence electrons. The van der Waals surface area contributed by atoms with Gasteiger partial charge in [0.1, 0.15) is 0 Å². The molecule has 2 unspecified atom stereocenters. The third-order valence-electron chi connectivity index (χ3n) is 5.03. The van der Waals surface area contributed by atoms with Crippen molar-refractivity contribution in [2.24, 2.45) is 17.6 Å². The summed E-state index contributed by atoms with van der Waals surface area (Å²) in [6.07, 6.45) is 6.18. The van der Waals surface area contributed by atoms with E-state index in [0.717, 1.165) is 24.7 Å². The zero-order chi connectivity index (χ0) is 14.0. The van der Waals surface area contributed by atoms with Gasteiger partial charge < -0.3 is 5.73 Å². The molecular formula is C18H29N. The highest BCUT2D eigenvalue weighted by atomic mass is 14.7. The predicted molar refractivity (Wildman–Crippen MR) is 83.2 cm³/mol. The molecule has 0 aliphatic heterocycles. The van der Waals surface area contributed by atoms with Gasteiger partial charge in [-0.15, -0.1) is 0 Å². The van der Waals surface area contributed by atoms with E-state index in [1.54, 1.807) is 0 Å². The summed E-state index contributed by atoms with van der Waals surface area (Å²) >= 11 is 0. The van der Waals surface area contributed by atoms with E-state index >= 15 is 0 Å². The molecule has 0 aromatic heterocycles. The van der Waals surface area contributed by atoms with Gasteiger partial charge in [0.25, 0.3) is 0 Å². The zero-order valence-electron chi connectivity index (χ0n) is 13.0. The Bertz CT molecular complexity index is 435. The highest BCUT2D eigenvalue weighted by Gasteiger charge is 2.32. The van der Waals surface area contributed by atoms with E-state index in [2.05, 4.69) is 45.9 Å². The summed E-state index contributed by atoms with van der Waals surface area (Å²) < 4.78 is 0. The van der Waals surface area contributed by atoms with Crippen LogP contribution < -0.4 is 5.73 Å². The minimum atomic E-state index is -0.0975. The molecule has 1 fully saturated rings. The van der Waals surface area contributed by atoms with Gasteiger partial charge in [-0.2, -0.15) is 0 Å². The topological polar surface area (TPSA) is 26.0 Å². The first-order valence-electron chi connectivity index (χ1n) is 7.79. The highest BCUT2D eigenvalue weighted by molar-refractivity contribution is 5.36. The van der Waals surface area contributed by atoms with Crippen molar-refractivity contribution in [1.29, 1.82) is 0 Å². The monoisotopic (exact) mass is 259 g/mol. The Morgan fingerprint density at radius 3 is 2.58 bits per heavy atom. The molecule has 1 aromatic carbocycles.